The minimum Gasteiger partial charge on any atom is -0.307 e. The molecule has 1 atom stereocenters. The third-order valence-electron chi connectivity index (χ3n) is 6.50. The fourth-order valence-electron chi connectivity index (χ4n) is 4.73. The Bertz CT molecular complexity index is 1030. The topological polar surface area (TPSA) is 51.2 Å². The number of aryl methyl sites for hydroxylation is 4. The Hall–Kier alpha value is -1.99. The van der Waals surface area contributed by atoms with Gasteiger partial charge in [-0.3, -0.25) is 9.59 Å². The summed E-state index contributed by atoms with van der Waals surface area (Å²) >= 11 is 0. The Balaban J connectivity index is 2.73. The van der Waals surface area contributed by atoms with Crippen LogP contribution in [-0.4, -0.2) is 17.2 Å². The number of benzene rings is 2. The van der Waals surface area contributed by atoms with Gasteiger partial charge in [-0.05, 0) is 92.7 Å². The Morgan fingerprint density at radius 2 is 1.09 bits per heavy atom. The van der Waals surface area contributed by atoms with Gasteiger partial charge in [-0.15, -0.1) is 0 Å². The van der Waals surface area contributed by atoms with E-state index in [4.69, 9.17) is 0 Å². The lowest BCUT2D eigenvalue weighted by atomic mass is 9.86. The van der Waals surface area contributed by atoms with Crippen LogP contribution >= 0.6 is 7.14 Å². The molecule has 2 aromatic carbocycles. The van der Waals surface area contributed by atoms with Gasteiger partial charge in [0.15, 0.2) is 0 Å². The van der Waals surface area contributed by atoms with Crippen molar-refractivity contribution in [2.45, 2.75) is 75.7 Å². The first-order chi connectivity index (χ1) is 14.6. The largest absolute Gasteiger partial charge is 0.307 e. The molecule has 0 saturated carbocycles. The van der Waals surface area contributed by atoms with Crippen molar-refractivity contribution in [2.24, 2.45) is 11.3 Å². The second-order valence-corrected chi connectivity index (χ2v) is 13.5. The number of rotatable bonds is 7. The highest BCUT2D eigenvalue weighted by Crippen LogP contribution is 2.55. The average molecular weight is 455 g/mol. The second kappa shape index (κ2) is 9.48. The molecule has 3 nitrogen and oxygen atoms in total. The van der Waals surface area contributed by atoms with Crippen molar-refractivity contribution in [3.05, 3.63) is 68.8 Å². The van der Waals surface area contributed by atoms with Gasteiger partial charge in [-0.1, -0.05) is 52.0 Å². The predicted molar refractivity (Wildman–Crippen MR) is 136 cm³/mol. The standard InChI is InChI=1S/C28H39O3P/c1-17(15-28(8,9)10)16-32(31,26(29)24-20(4)13-11-18(2)22(24)6)27(30)25-21(5)14-12-19(3)23(25)7/h11-14,17H,15-16H2,1-10H3. The maximum Gasteiger partial charge on any atom is 0.229 e. The molecule has 2 aromatic rings. The molecule has 1 unspecified atom stereocenters. The van der Waals surface area contributed by atoms with Crippen LogP contribution in [0.15, 0.2) is 24.3 Å². The molecule has 174 valence electrons. The Morgan fingerprint density at radius 1 is 0.750 bits per heavy atom. The average Bonchev–Trinajstić information content (AvgIpc) is 2.66. The van der Waals surface area contributed by atoms with E-state index in [2.05, 4.69) is 20.8 Å². The number of carbonyl (C=O) groups excluding carboxylic acids is 2. The van der Waals surface area contributed by atoms with E-state index >= 15 is 0 Å². The monoisotopic (exact) mass is 454 g/mol. The molecule has 4 heteroatoms. The van der Waals surface area contributed by atoms with Crippen molar-refractivity contribution in [1.29, 1.82) is 0 Å². The molecule has 0 amide bonds. The van der Waals surface area contributed by atoms with E-state index in [1.165, 1.54) is 0 Å². The third-order valence-corrected chi connectivity index (χ3v) is 9.40. The summed E-state index contributed by atoms with van der Waals surface area (Å²) in [6, 6.07) is 7.69. The Kier molecular flexibility index (Phi) is 7.78. The molecule has 0 saturated heterocycles. The molecule has 0 heterocycles. The van der Waals surface area contributed by atoms with E-state index < -0.39 is 18.2 Å². The molecule has 0 N–H and O–H groups in total. The van der Waals surface area contributed by atoms with Crippen LogP contribution in [0.3, 0.4) is 0 Å². The van der Waals surface area contributed by atoms with Crippen LogP contribution in [0.5, 0.6) is 0 Å². The van der Waals surface area contributed by atoms with Gasteiger partial charge in [0.2, 0.25) is 18.2 Å². The van der Waals surface area contributed by atoms with E-state index in [1.54, 1.807) is 0 Å². The first-order valence-corrected chi connectivity index (χ1v) is 13.3. The minimum atomic E-state index is -3.91. The third kappa shape index (κ3) is 5.31. The highest BCUT2D eigenvalue weighted by atomic mass is 31.2. The molecule has 2 rings (SSSR count). The van der Waals surface area contributed by atoms with Crippen molar-refractivity contribution in [3.63, 3.8) is 0 Å². The van der Waals surface area contributed by atoms with Crippen molar-refractivity contribution in [3.8, 4) is 0 Å². The zero-order chi connectivity index (χ0) is 24.6. The highest BCUT2D eigenvalue weighted by Gasteiger charge is 2.44. The second-order valence-electron chi connectivity index (χ2n) is 10.8. The summed E-state index contributed by atoms with van der Waals surface area (Å²) < 4.78 is 14.6. The number of hydrogen-bond acceptors (Lipinski definition) is 3. The molecular formula is C28H39O3P. The van der Waals surface area contributed by atoms with E-state index in [0.717, 1.165) is 39.8 Å². The molecule has 32 heavy (non-hydrogen) atoms. The number of hydrogen-bond donors (Lipinski definition) is 0. The fourth-order valence-corrected chi connectivity index (χ4v) is 7.66. The minimum absolute atomic E-state index is 0.0146. The Labute approximate surface area is 194 Å². The highest BCUT2D eigenvalue weighted by molar-refractivity contribution is 7.95. The maximum absolute atomic E-state index is 14.6. The normalized spacial score (nSPS) is 13.2. The summed E-state index contributed by atoms with van der Waals surface area (Å²) in [7, 11) is -3.91. The molecule has 0 aliphatic heterocycles. The zero-order valence-electron chi connectivity index (χ0n) is 21.5. The lowest BCUT2D eigenvalue weighted by molar-refractivity contribution is 0.103. The zero-order valence-corrected chi connectivity index (χ0v) is 22.4. The van der Waals surface area contributed by atoms with Gasteiger partial charge in [-0.2, -0.15) is 0 Å². The van der Waals surface area contributed by atoms with Crippen molar-refractivity contribution in [2.75, 3.05) is 6.16 Å². The smallest absolute Gasteiger partial charge is 0.229 e. The fraction of sp³-hybridized carbons (Fsp3) is 0.500. The van der Waals surface area contributed by atoms with Crippen molar-refractivity contribution < 1.29 is 14.2 Å². The van der Waals surface area contributed by atoms with Gasteiger partial charge < -0.3 is 4.57 Å². The van der Waals surface area contributed by atoms with Crippen LogP contribution in [0.2, 0.25) is 0 Å². The van der Waals surface area contributed by atoms with Crippen LogP contribution in [0.4, 0.5) is 0 Å². The van der Waals surface area contributed by atoms with Crippen molar-refractivity contribution in [1.82, 2.24) is 0 Å². The summed E-state index contributed by atoms with van der Waals surface area (Å²) in [5, 5.41) is 0. The maximum atomic E-state index is 14.6. The van der Waals surface area contributed by atoms with E-state index in [9.17, 15) is 14.2 Å². The van der Waals surface area contributed by atoms with Gasteiger partial charge in [0, 0.05) is 17.3 Å². The molecule has 0 spiro atoms. The summed E-state index contributed by atoms with van der Waals surface area (Å²) in [5.41, 5.74) is 5.03. The SMILES string of the molecule is Cc1ccc(C)c(C(=O)P(=O)(CC(C)CC(C)(C)C)C(=O)c2c(C)ccc(C)c2C)c1C. The lowest BCUT2D eigenvalue weighted by Gasteiger charge is -2.27. The van der Waals surface area contributed by atoms with Gasteiger partial charge in [0.05, 0.1) is 0 Å². The van der Waals surface area contributed by atoms with E-state index in [0.29, 0.717) is 11.1 Å². The molecule has 0 aromatic heterocycles. The first-order valence-electron chi connectivity index (χ1n) is 11.4. The molecule has 0 aliphatic rings. The molecular weight excluding hydrogens is 415 g/mol. The lowest BCUT2D eigenvalue weighted by Crippen LogP contribution is -2.22. The quantitative estimate of drug-likeness (QED) is 0.399. The number of carbonyl (C=O) groups is 2. The summed E-state index contributed by atoms with van der Waals surface area (Å²) in [4.78, 5) is 28.0. The van der Waals surface area contributed by atoms with Gasteiger partial charge in [0.1, 0.15) is 0 Å². The predicted octanol–water partition coefficient (Wildman–Crippen LogP) is 7.95. The summed E-state index contributed by atoms with van der Waals surface area (Å²) in [6.45, 7) is 19.7. The summed E-state index contributed by atoms with van der Waals surface area (Å²) in [5.74, 6) is -0.0235. The molecule has 0 aliphatic carbocycles. The van der Waals surface area contributed by atoms with Crippen molar-refractivity contribution >= 4 is 18.2 Å². The van der Waals surface area contributed by atoms with Crippen LogP contribution in [0.1, 0.15) is 88.2 Å². The summed E-state index contributed by atoms with van der Waals surface area (Å²) in [6.07, 6.45) is 0.886. The van der Waals surface area contributed by atoms with Gasteiger partial charge in [-0.25, -0.2) is 0 Å². The van der Waals surface area contributed by atoms with E-state index in [-0.39, 0.29) is 17.5 Å². The van der Waals surface area contributed by atoms with Gasteiger partial charge in [0.25, 0.3) is 0 Å². The first kappa shape index (κ1) is 26.3. The van der Waals surface area contributed by atoms with Crippen LogP contribution in [-0.2, 0) is 4.57 Å². The molecule has 0 fully saturated rings. The van der Waals surface area contributed by atoms with Crippen LogP contribution in [0.25, 0.3) is 0 Å². The van der Waals surface area contributed by atoms with E-state index in [1.807, 2.05) is 72.7 Å². The van der Waals surface area contributed by atoms with Gasteiger partial charge >= 0.3 is 0 Å². The van der Waals surface area contributed by atoms with Crippen LogP contribution in [0, 0.1) is 52.9 Å². The molecule has 0 radical (unpaired) electrons. The molecule has 0 bridgehead atoms. The Morgan fingerprint density at radius 3 is 1.44 bits per heavy atom. The van der Waals surface area contributed by atoms with Crippen LogP contribution < -0.4 is 0 Å².